The van der Waals surface area contributed by atoms with Crippen LogP contribution in [0.3, 0.4) is 0 Å². The van der Waals surface area contributed by atoms with Gasteiger partial charge < -0.3 is 4.74 Å². The lowest BCUT2D eigenvalue weighted by molar-refractivity contribution is 0.363. The third-order valence-corrected chi connectivity index (χ3v) is 13.4. The summed E-state index contributed by atoms with van der Waals surface area (Å²) in [5, 5.41) is 1.39. The number of benzene rings is 5. The molecule has 0 unspecified atom stereocenters. The Morgan fingerprint density at radius 3 is 1.59 bits per heavy atom. The molecule has 0 heterocycles. The molecular weight excluding hydrogens is 549 g/mol. The van der Waals surface area contributed by atoms with Gasteiger partial charge in [-0.3, -0.25) is 0 Å². The van der Waals surface area contributed by atoms with E-state index >= 15 is 0 Å². The van der Waals surface area contributed by atoms with Gasteiger partial charge in [0, 0.05) is 5.54 Å². The molecule has 1 nitrogen and oxygen atoms in total. The Hall–Kier alpha value is -4.14. The van der Waals surface area contributed by atoms with Crippen molar-refractivity contribution in [3.8, 4) is 39.1 Å². The molecule has 0 radical (unpaired) electrons. The molecule has 5 aromatic carbocycles. The predicted molar refractivity (Wildman–Crippen MR) is 192 cm³/mol. The molecule has 0 saturated heterocycles. The Morgan fingerprint density at radius 2 is 1.14 bits per heavy atom. The van der Waals surface area contributed by atoms with E-state index in [0.717, 1.165) is 18.6 Å². The molecule has 0 amide bonds. The van der Waals surface area contributed by atoms with Gasteiger partial charge in [0.2, 0.25) is 0 Å². The van der Waals surface area contributed by atoms with Crippen molar-refractivity contribution < 1.29 is 4.74 Å². The number of hydrogen-bond donors (Lipinski definition) is 0. The van der Waals surface area contributed by atoms with Gasteiger partial charge in [0.25, 0.3) is 0 Å². The zero-order chi connectivity index (χ0) is 31.0. The first-order valence-corrected chi connectivity index (χ1v) is 19.1. The fourth-order valence-corrected chi connectivity index (χ4v) is 11.0. The first-order valence-electron chi connectivity index (χ1n) is 16.1. The number of aryl methyl sites for hydroxylation is 4. The van der Waals surface area contributed by atoms with E-state index in [2.05, 4.69) is 144 Å². The Balaban J connectivity index is 1.56. The summed E-state index contributed by atoms with van der Waals surface area (Å²) in [4.78, 5) is 0. The molecule has 5 aromatic rings. The summed E-state index contributed by atoms with van der Waals surface area (Å²) >= 11 is 0. The van der Waals surface area contributed by atoms with Crippen LogP contribution < -0.4 is 9.92 Å². The molecule has 6 rings (SSSR count). The van der Waals surface area contributed by atoms with Crippen LogP contribution >= 0.6 is 0 Å². The first kappa shape index (κ1) is 29.9. The Kier molecular flexibility index (Phi) is 8.22. The molecule has 0 spiro atoms. The molecule has 2 heteroatoms. The Labute approximate surface area is 265 Å². The zero-order valence-electron chi connectivity index (χ0n) is 27.1. The highest BCUT2D eigenvalue weighted by Gasteiger charge is 2.44. The molecule has 0 aromatic heterocycles. The van der Waals surface area contributed by atoms with Crippen LogP contribution in [0.2, 0.25) is 13.1 Å². The van der Waals surface area contributed by atoms with Crippen LogP contribution in [0.15, 0.2) is 110 Å². The fraction of sp³-hybridized carbons (Fsp3) is 0.238. The van der Waals surface area contributed by atoms with E-state index in [-0.39, 0.29) is 5.54 Å². The summed E-state index contributed by atoms with van der Waals surface area (Å²) in [5.41, 5.74) is 16.3. The van der Waals surface area contributed by atoms with E-state index in [4.69, 9.17) is 4.74 Å². The average molecular weight is 593 g/mol. The maximum atomic E-state index is 6.44. The van der Waals surface area contributed by atoms with Crippen LogP contribution in [-0.4, -0.2) is 14.7 Å². The van der Waals surface area contributed by atoms with Gasteiger partial charge in [0.1, 0.15) is 12.4 Å². The molecule has 1 aliphatic carbocycles. The van der Waals surface area contributed by atoms with E-state index in [0.29, 0.717) is 6.61 Å². The number of rotatable bonds is 9. The zero-order valence-corrected chi connectivity index (χ0v) is 28.1. The van der Waals surface area contributed by atoms with Gasteiger partial charge in [-0.1, -0.05) is 142 Å². The number of fused-ring (bicyclic) bond motifs is 3. The fourth-order valence-electron chi connectivity index (χ4n) is 7.19. The smallest absolute Gasteiger partial charge is 0.121 e. The molecular formula is C42H44OSi. The van der Waals surface area contributed by atoms with E-state index < -0.39 is 8.07 Å². The average Bonchev–Trinajstić information content (AvgIpc) is 3.37. The summed E-state index contributed by atoms with van der Waals surface area (Å²) < 4.78 is 6.44. The van der Waals surface area contributed by atoms with Gasteiger partial charge in [-0.05, 0) is 93.1 Å². The lowest BCUT2D eigenvalue weighted by atomic mass is 9.97. The second-order valence-electron chi connectivity index (χ2n) is 12.9. The summed E-state index contributed by atoms with van der Waals surface area (Å²) in [6.07, 6.45) is 3.96. The molecule has 0 atom stereocenters. The lowest BCUT2D eigenvalue weighted by Crippen LogP contribution is -2.48. The summed E-state index contributed by atoms with van der Waals surface area (Å²) in [6.45, 7) is 18.4. The maximum Gasteiger partial charge on any atom is 0.121 e. The van der Waals surface area contributed by atoms with Crippen LogP contribution in [0.4, 0.5) is 0 Å². The normalized spacial score (nSPS) is 12.6. The number of ether oxygens (including phenoxy) is 1. The molecule has 0 fully saturated rings. The van der Waals surface area contributed by atoms with Crippen LogP contribution in [0, 0.1) is 13.8 Å². The molecule has 0 aliphatic heterocycles. The molecule has 0 N–H and O–H groups in total. The molecule has 1 aliphatic rings. The second kappa shape index (κ2) is 12.1. The van der Waals surface area contributed by atoms with Crippen molar-refractivity contribution in [2.24, 2.45) is 0 Å². The lowest BCUT2D eigenvalue weighted by Gasteiger charge is -2.34. The minimum atomic E-state index is -2.24. The highest BCUT2D eigenvalue weighted by Crippen LogP contribution is 2.51. The van der Waals surface area contributed by atoms with Gasteiger partial charge in [0.15, 0.2) is 0 Å². The molecule has 222 valence electrons. The number of hydrogen-bond acceptors (Lipinski definition) is 1. The van der Waals surface area contributed by atoms with E-state index in [1.54, 1.807) is 0 Å². The van der Waals surface area contributed by atoms with Gasteiger partial charge in [-0.25, -0.2) is 0 Å². The molecule has 0 bridgehead atoms. The van der Waals surface area contributed by atoms with Crippen molar-refractivity contribution in [2.45, 2.75) is 59.2 Å². The Morgan fingerprint density at radius 1 is 0.659 bits per heavy atom. The Bertz CT molecular complexity index is 1730. The highest BCUT2D eigenvalue weighted by atomic mass is 28.3. The van der Waals surface area contributed by atoms with E-state index in [1.165, 1.54) is 71.9 Å². The maximum absolute atomic E-state index is 6.44. The largest absolute Gasteiger partial charge is 0.489 e. The summed E-state index contributed by atoms with van der Waals surface area (Å²) in [7, 11) is -2.24. The van der Waals surface area contributed by atoms with Gasteiger partial charge in [-0.15, -0.1) is 0 Å². The van der Waals surface area contributed by atoms with E-state index in [1.807, 2.05) is 6.08 Å². The van der Waals surface area contributed by atoms with Crippen LogP contribution in [-0.2, 0) is 12.8 Å². The van der Waals surface area contributed by atoms with Crippen LogP contribution in [0.1, 0.15) is 52.8 Å². The van der Waals surface area contributed by atoms with Crippen molar-refractivity contribution in [1.29, 1.82) is 0 Å². The quantitative estimate of drug-likeness (QED) is 0.122. The predicted octanol–water partition coefficient (Wildman–Crippen LogP) is 10.6. The van der Waals surface area contributed by atoms with Crippen molar-refractivity contribution in [1.82, 2.24) is 0 Å². The molecule has 44 heavy (non-hydrogen) atoms. The van der Waals surface area contributed by atoms with Crippen molar-refractivity contribution in [2.75, 3.05) is 6.61 Å². The summed E-state index contributed by atoms with van der Waals surface area (Å²) in [5.74, 6) is 1.04. The third kappa shape index (κ3) is 5.37. The van der Waals surface area contributed by atoms with E-state index in [9.17, 15) is 0 Å². The first-order chi connectivity index (χ1) is 21.2. The minimum Gasteiger partial charge on any atom is -0.489 e. The van der Waals surface area contributed by atoms with Gasteiger partial charge >= 0.3 is 0 Å². The minimum absolute atomic E-state index is 0.282. The van der Waals surface area contributed by atoms with Crippen molar-refractivity contribution >= 4 is 13.3 Å². The second-order valence-corrected chi connectivity index (χ2v) is 17.5. The van der Waals surface area contributed by atoms with Gasteiger partial charge in [0.05, 0.1) is 8.07 Å². The third-order valence-electron chi connectivity index (χ3n) is 9.59. The summed E-state index contributed by atoms with van der Waals surface area (Å²) in [6, 6.07) is 37.2. The van der Waals surface area contributed by atoms with Crippen LogP contribution in [0.25, 0.3) is 33.4 Å². The van der Waals surface area contributed by atoms with Crippen molar-refractivity contribution in [3.05, 3.63) is 143 Å². The molecule has 0 saturated carbocycles. The topological polar surface area (TPSA) is 9.23 Å². The standard InChI is InChI=1S/C42H44OSi/c1-8-23-43-41-29(5)24-28(4)25-40(41)44(6,7)42-38-26-34(32-15-11-30(9-2)12-16-32)19-21-36(38)37-22-20-35(27-39(37)42)33-17-13-31(10-3)14-18-33/h8,11-22,24-27,42H,1,9-10,23H2,2-7H3. The van der Waals surface area contributed by atoms with Crippen molar-refractivity contribution in [3.63, 3.8) is 0 Å². The monoisotopic (exact) mass is 592 g/mol. The van der Waals surface area contributed by atoms with Crippen LogP contribution in [0.5, 0.6) is 5.75 Å². The SMILES string of the molecule is C=CCOc1c(C)cc(C)cc1[Si](C)(C)C1c2cc(-c3ccc(CC)cc3)ccc2-c2ccc(-c3ccc(CC)cc3)cc21. The highest BCUT2D eigenvalue weighted by molar-refractivity contribution is 6.92. The van der Waals surface area contributed by atoms with Gasteiger partial charge in [-0.2, -0.15) is 0 Å².